The number of esters is 2. The first-order valence-corrected chi connectivity index (χ1v) is 9.19. The van der Waals surface area contributed by atoms with Gasteiger partial charge in [0.2, 0.25) is 0 Å². The van der Waals surface area contributed by atoms with E-state index in [-0.39, 0.29) is 18.5 Å². The minimum atomic E-state index is -0.421. The molecule has 4 rings (SSSR count). The zero-order valence-corrected chi connectivity index (χ0v) is 13.8. The maximum absolute atomic E-state index is 12.4. The lowest BCUT2D eigenvalue weighted by Crippen LogP contribution is -2.35. The van der Waals surface area contributed by atoms with Crippen LogP contribution in [-0.2, 0) is 19.1 Å². The molecule has 4 aliphatic rings. The highest BCUT2D eigenvalue weighted by atomic mass is 16.6. The van der Waals surface area contributed by atoms with Crippen molar-refractivity contribution in [3.05, 3.63) is 12.2 Å². The van der Waals surface area contributed by atoms with Gasteiger partial charge in [0.1, 0.15) is 0 Å². The molecule has 7 atom stereocenters. The van der Waals surface area contributed by atoms with E-state index in [4.69, 9.17) is 9.47 Å². The monoisotopic (exact) mass is 318 g/mol. The molecule has 23 heavy (non-hydrogen) atoms. The van der Waals surface area contributed by atoms with Crippen LogP contribution in [0.25, 0.3) is 0 Å². The Hall–Kier alpha value is -1.32. The van der Waals surface area contributed by atoms with Crippen LogP contribution in [0.4, 0.5) is 0 Å². The normalized spacial score (nSPS) is 42.0. The van der Waals surface area contributed by atoms with Crippen molar-refractivity contribution in [2.45, 2.75) is 39.0 Å². The third kappa shape index (κ3) is 2.50. The van der Waals surface area contributed by atoms with E-state index in [1.807, 2.05) is 6.92 Å². The second-order valence-corrected chi connectivity index (χ2v) is 7.79. The molecule has 4 bridgehead atoms. The number of fused-ring (bicyclic) bond motifs is 9. The summed E-state index contributed by atoms with van der Waals surface area (Å²) in [4.78, 5) is 24.0. The predicted molar refractivity (Wildman–Crippen MR) is 84.2 cm³/mol. The maximum Gasteiger partial charge on any atom is 0.344 e. The maximum atomic E-state index is 12.4. The molecule has 0 spiro atoms. The quantitative estimate of drug-likeness (QED) is 0.327. The van der Waals surface area contributed by atoms with Gasteiger partial charge in [-0.1, -0.05) is 25.5 Å². The van der Waals surface area contributed by atoms with Crippen molar-refractivity contribution < 1.29 is 19.1 Å². The molecule has 4 nitrogen and oxygen atoms in total. The van der Waals surface area contributed by atoms with Crippen LogP contribution in [-0.4, -0.2) is 25.2 Å². The van der Waals surface area contributed by atoms with E-state index in [9.17, 15) is 9.59 Å². The van der Waals surface area contributed by atoms with E-state index in [0.717, 1.165) is 31.1 Å². The van der Waals surface area contributed by atoms with Gasteiger partial charge in [-0.15, -0.1) is 0 Å². The molecule has 126 valence electrons. The Kier molecular flexibility index (Phi) is 3.94. The standard InChI is InChI=1S/C19H26O4/c1-2-3-6-22-16(20)10-23-19(21)15-9-13-8-14(15)18-12-5-4-11(7-12)17(13)18/h4-5,11-15,17-18H,2-3,6-10H2,1H3. The smallest absolute Gasteiger partial charge is 0.344 e. The Morgan fingerprint density at radius 3 is 2.61 bits per heavy atom. The summed E-state index contributed by atoms with van der Waals surface area (Å²) in [6.07, 6.45) is 10.1. The average molecular weight is 318 g/mol. The van der Waals surface area contributed by atoms with Gasteiger partial charge in [-0.05, 0) is 61.2 Å². The highest BCUT2D eigenvalue weighted by molar-refractivity contribution is 5.78. The van der Waals surface area contributed by atoms with Gasteiger partial charge in [-0.3, -0.25) is 4.79 Å². The van der Waals surface area contributed by atoms with Gasteiger partial charge in [-0.25, -0.2) is 4.79 Å². The van der Waals surface area contributed by atoms with Crippen molar-refractivity contribution in [2.75, 3.05) is 13.2 Å². The van der Waals surface area contributed by atoms with Gasteiger partial charge in [-0.2, -0.15) is 0 Å². The number of carbonyl (C=O) groups excluding carboxylic acids is 2. The van der Waals surface area contributed by atoms with Crippen molar-refractivity contribution in [1.29, 1.82) is 0 Å². The van der Waals surface area contributed by atoms with Gasteiger partial charge in [0, 0.05) is 0 Å². The van der Waals surface area contributed by atoms with Crippen molar-refractivity contribution >= 4 is 11.9 Å². The zero-order chi connectivity index (χ0) is 16.0. The summed E-state index contributed by atoms with van der Waals surface area (Å²) >= 11 is 0. The number of hydrogen-bond donors (Lipinski definition) is 0. The van der Waals surface area contributed by atoms with E-state index in [1.54, 1.807) is 0 Å². The largest absolute Gasteiger partial charge is 0.463 e. The molecule has 0 radical (unpaired) electrons. The molecule has 3 fully saturated rings. The fourth-order valence-corrected chi connectivity index (χ4v) is 5.90. The minimum Gasteiger partial charge on any atom is -0.463 e. The minimum absolute atomic E-state index is 0.0115. The van der Waals surface area contributed by atoms with Crippen LogP contribution in [0.3, 0.4) is 0 Å². The Morgan fingerprint density at radius 2 is 1.83 bits per heavy atom. The highest BCUT2D eigenvalue weighted by Gasteiger charge is 2.62. The Morgan fingerprint density at radius 1 is 1.04 bits per heavy atom. The predicted octanol–water partition coefficient (Wildman–Crippen LogP) is 2.97. The molecule has 3 saturated carbocycles. The van der Waals surface area contributed by atoms with Gasteiger partial charge in [0.05, 0.1) is 12.5 Å². The summed E-state index contributed by atoms with van der Waals surface area (Å²) in [5, 5.41) is 0. The summed E-state index contributed by atoms with van der Waals surface area (Å²) in [5.41, 5.74) is 0. The second-order valence-electron chi connectivity index (χ2n) is 7.79. The first-order chi connectivity index (χ1) is 11.2. The zero-order valence-electron chi connectivity index (χ0n) is 13.8. The molecular formula is C19H26O4. The first kappa shape index (κ1) is 15.2. The number of unbranched alkanes of at least 4 members (excludes halogenated alkanes) is 1. The highest BCUT2D eigenvalue weighted by Crippen LogP contribution is 2.67. The van der Waals surface area contributed by atoms with Crippen molar-refractivity contribution in [1.82, 2.24) is 0 Å². The van der Waals surface area contributed by atoms with Crippen LogP contribution in [0, 0.1) is 41.4 Å². The van der Waals surface area contributed by atoms with Crippen molar-refractivity contribution in [2.24, 2.45) is 41.4 Å². The SMILES string of the molecule is CCCCOC(=O)COC(=O)C1CC2CC1C1C3C=CC(C3)C21. The molecule has 0 aromatic carbocycles. The molecule has 0 aromatic rings. The van der Waals surface area contributed by atoms with Gasteiger partial charge in [0.15, 0.2) is 6.61 Å². The van der Waals surface area contributed by atoms with E-state index in [0.29, 0.717) is 30.3 Å². The number of rotatable bonds is 6. The molecule has 0 amide bonds. The van der Waals surface area contributed by atoms with Crippen molar-refractivity contribution in [3.63, 3.8) is 0 Å². The molecule has 4 aliphatic carbocycles. The summed E-state index contributed by atoms with van der Waals surface area (Å²) in [5.74, 6) is 3.56. The fraction of sp³-hybridized carbons (Fsp3) is 0.789. The van der Waals surface area contributed by atoms with Gasteiger partial charge >= 0.3 is 11.9 Å². The third-order valence-corrected chi connectivity index (χ3v) is 6.67. The number of ether oxygens (including phenoxy) is 2. The second kappa shape index (κ2) is 5.95. The number of allylic oxidation sites excluding steroid dienone is 2. The Balaban J connectivity index is 1.29. The van der Waals surface area contributed by atoms with Crippen molar-refractivity contribution in [3.8, 4) is 0 Å². The summed E-state index contributed by atoms with van der Waals surface area (Å²) in [7, 11) is 0. The van der Waals surface area contributed by atoms with Gasteiger partial charge in [0.25, 0.3) is 0 Å². The van der Waals surface area contributed by atoms with E-state index in [1.165, 1.54) is 12.8 Å². The number of hydrogen-bond acceptors (Lipinski definition) is 4. The van der Waals surface area contributed by atoms with Crippen LogP contribution in [0.1, 0.15) is 39.0 Å². The van der Waals surface area contributed by atoms with Crippen LogP contribution >= 0.6 is 0 Å². The Bertz CT molecular complexity index is 525. The average Bonchev–Trinajstić information content (AvgIpc) is 3.30. The molecular weight excluding hydrogens is 292 g/mol. The van der Waals surface area contributed by atoms with Gasteiger partial charge < -0.3 is 9.47 Å². The topological polar surface area (TPSA) is 52.6 Å². The summed E-state index contributed by atoms with van der Waals surface area (Å²) in [6.45, 7) is 2.23. The molecule has 0 heterocycles. The van der Waals surface area contributed by atoms with Crippen LogP contribution in [0.2, 0.25) is 0 Å². The van der Waals surface area contributed by atoms with E-state index < -0.39 is 5.97 Å². The molecule has 4 heteroatoms. The summed E-state index contributed by atoms with van der Waals surface area (Å²) < 4.78 is 10.3. The lowest BCUT2D eigenvalue weighted by molar-refractivity contribution is -0.163. The van der Waals surface area contributed by atoms with Crippen LogP contribution < -0.4 is 0 Å². The molecule has 0 saturated heterocycles. The lowest BCUT2D eigenvalue weighted by atomic mass is 9.69. The lowest BCUT2D eigenvalue weighted by Gasteiger charge is -2.35. The van der Waals surface area contributed by atoms with Crippen LogP contribution in [0.15, 0.2) is 12.2 Å². The Labute approximate surface area is 137 Å². The molecule has 0 aliphatic heterocycles. The van der Waals surface area contributed by atoms with E-state index >= 15 is 0 Å². The fourth-order valence-electron chi connectivity index (χ4n) is 5.90. The first-order valence-electron chi connectivity index (χ1n) is 9.19. The molecule has 0 N–H and O–H groups in total. The van der Waals surface area contributed by atoms with Crippen LogP contribution in [0.5, 0.6) is 0 Å². The number of carbonyl (C=O) groups is 2. The van der Waals surface area contributed by atoms with E-state index in [2.05, 4.69) is 12.2 Å². The summed E-state index contributed by atoms with van der Waals surface area (Å²) in [6, 6.07) is 0. The third-order valence-electron chi connectivity index (χ3n) is 6.67. The molecule has 0 aromatic heterocycles. The molecule has 7 unspecified atom stereocenters.